The van der Waals surface area contributed by atoms with Crippen LogP contribution in [0, 0.1) is 10.1 Å². The maximum absolute atomic E-state index is 12.0. The van der Waals surface area contributed by atoms with Crippen LogP contribution >= 0.6 is 0 Å². The fraction of sp³-hybridized carbons (Fsp3) is 0.385. The monoisotopic (exact) mass is 296 g/mol. The summed E-state index contributed by atoms with van der Waals surface area (Å²) in [6, 6.07) is 4.01. The van der Waals surface area contributed by atoms with Crippen molar-refractivity contribution in [3.63, 3.8) is 0 Å². The van der Waals surface area contributed by atoms with Crippen molar-refractivity contribution in [3.8, 4) is 5.75 Å². The third-order valence-corrected chi connectivity index (χ3v) is 2.42. The normalized spacial score (nSPS) is 9.81. The number of hydrogen-bond acceptors (Lipinski definition) is 6. The lowest BCUT2D eigenvalue weighted by atomic mass is 10.1. The van der Waals surface area contributed by atoms with Crippen LogP contribution in [0.1, 0.15) is 24.2 Å². The van der Waals surface area contributed by atoms with E-state index >= 15 is 0 Å². The van der Waals surface area contributed by atoms with Gasteiger partial charge in [0.1, 0.15) is 6.54 Å². The number of nitrogens with one attached hydrogen (secondary N) is 1. The second kappa shape index (κ2) is 7.83. The van der Waals surface area contributed by atoms with Gasteiger partial charge in [-0.2, -0.15) is 0 Å². The Morgan fingerprint density at radius 2 is 2.00 bits per heavy atom. The molecular formula is C13H16N2O6. The molecule has 0 aliphatic heterocycles. The van der Waals surface area contributed by atoms with E-state index in [1.807, 2.05) is 0 Å². The maximum atomic E-state index is 12.0. The molecule has 8 heteroatoms. The lowest BCUT2D eigenvalue weighted by Crippen LogP contribution is -2.31. The first-order chi connectivity index (χ1) is 10.0. The van der Waals surface area contributed by atoms with Gasteiger partial charge in [-0.15, -0.1) is 0 Å². The van der Waals surface area contributed by atoms with Crippen LogP contribution in [0.2, 0.25) is 0 Å². The zero-order valence-corrected chi connectivity index (χ0v) is 11.8. The average molecular weight is 296 g/mol. The molecule has 0 fully saturated rings. The van der Waals surface area contributed by atoms with E-state index in [4.69, 9.17) is 4.74 Å². The number of carbonyl (C=O) groups excluding carboxylic acids is 2. The Morgan fingerprint density at radius 1 is 1.29 bits per heavy atom. The highest BCUT2D eigenvalue weighted by molar-refractivity contribution is 5.99. The first-order valence-corrected chi connectivity index (χ1v) is 6.35. The largest absolute Gasteiger partial charge is 0.487 e. The Morgan fingerprint density at radius 3 is 2.57 bits per heavy atom. The predicted molar refractivity (Wildman–Crippen MR) is 73.2 cm³/mol. The van der Waals surface area contributed by atoms with Gasteiger partial charge in [-0.25, -0.2) is 0 Å². The number of nitrogens with zero attached hydrogens (tertiary/aromatic N) is 1. The fourth-order valence-corrected chi connectivity index (χ4v) is 1.60. The molecule has 0 atom stereocenters. The molecular weight excluding hydrogens is 280 g/mol. The number of benzene rings is 1. The van der Waals surface area contributed by atoms with Crippen molar-refractivity contribution in [2.45, 2.75) is 13.8 Å². The van der Waals surface area contributed by atoms with Crippen LogP contribution in [0.4, 0.5) is 5.69 Å². The number of rotatable bonds is 7. The van der Waals surface area contributed by atoms with Crippen molar-refractivity contribution in [1.29, 1.82) is 0 Å². The van der Waals surface area contributed by atoms with Gasteiger partial charge in [0.25, 0.3) is 5.91 Å². The summed E-state index contributed by atoms with van der Waals surface area (Å²) in [5.74, 6) is -1.35. The number of carbonyl (C=O) groups is 2. The summed E-state index contributed by atoms with van der Waals surface area (Å²) in [6.07, 6.45) is 0. The minimum atomic E-state index is -0.643. The molecule has 8 nitrogen and oxygen atoms in total. The topological polar surface area (TPSA) is 108 Å². The highest BCUT2D eigenvalue weighted by atomic mass is 16.6. The fourth-order valence-electron chi connectivity index (χ4n) is 1.60. The number of hydrogen-bond donors (Lipinski definition) is 1. The van der Waals surface area contributed by atoms with Gasteiger partial charge < -0.3 is 14.8 Å². The molecule has 0 heterocycles. The highest BCUT2D eigenvalue weighted by Crippen LogP contribution is 2.30. The quantitative estimate of drug-likeness (QED) is 0.461. The van der Waals surface area contributed by atoms with Crippen molar-refractivity contribution in [1.82, 2.24) is 5.32 Å². The van der Waals surface area contributed by atoms with Crippen molar-refractivity contribution in [2.24, 2.45) is 0 Å². The Bertz CT molecular complexity index is 543. The van der Waals surface area contributed by atoms with E-state index in [1.54, 1.807) is 13.8 Å². The van der Waals surface area contributed by atoms with Crippen LogP contribution < -0.4 is 10.1 Å². The molecule has 1 aromatic carbocycles. The van der Waals surface area contributed by atoms with Gasteiger partial charge in [-0.05, 0) is 19.9 Å². The zero-order valence-electron chi connectivity index (χ0n) is 11.8. The van der Waals surface area contributed by atoms with Gasteiger partial charge in [0.15, 0.2) is 0 Å². The van der Waals surface area contributed by atoms with Gasteiger partial charge in [-0.3, -0.25) is 19.7 Å². The molecule has 0 aromatic heterocycles. The van der Waals surface area contributed by atoms with Crippen molar-refractivity contribution < 1.29 is 24.0 Å². The van der Waals surface area contributed by atoms with Gasteiger partial charge in [0.05, 0.1) is 23.7 Å². The van der Waals surface area contributed by atoms with E-state index in [-0.39, 0.29) is 36.8 Å². The van der Waals surface area contributed by atoms with Gasteiger partial charge >= 0.3 is 11.7 Å². The summed E-state index contributed by atoms with van der Waals surface area (Å²) in [5.41, 5.74) is -0.309. The molecule has 1 aromatic rings. The molecule has 21 heavy (non-hydrogen) atoms. The van der Waals surface area contributed by atoms with Crippen LogP contribution in [0.25, 0.3) is 0 Å². The molecule has 0 saturated carbocycles. The van der Waals surface area contributed by atoms with Gasteiger partial charge in [-0.1, -0.05) is 6.07 Å². The summed E-state index contributed by atoms with van der Waals surface area (Å²) in [6.45, 7) is 3.35. The lowest BCUT2D eigenvalue weighted by Gasteiger charge is -2.10. The molecule has 1 rings (SSSR count). The average Bonchev–Trinajstić information content (AvgIpc) is 2.45. The molecule has 0 aliphatic rings. The Balaban J connectivity index is 2.95. The summed E-state index contributed by atoms with van der Waals surface area (Å²) < 4.78 is 9.86. The van der Waals surface area contributed by atoms with E-state index in [0.29, 0.717) is 0 Å². The second-order valence-corrected chi connectivity index (χ2v) is 3.83. The van der Waals surface area contributed by atoms with E-state index in [2.05, 4.69) is 10.1 Å². The molecule has 1 amide bonds. The summed E-state index contributed by atoms with van der Waals surface area (Å²) in [7, 11) is 0. The lowest BCUT2D eigenvalue weighted by molar-refractivity contribution is -0.385. The Kier molecular flexibility index (Phi) is 6.12. The van der Waals surface area contributed by atoms with Crippen LogP contribution in [0.3, 0.4) is 0 Å². The number of para-hydroxylation sites is 1. The molecule has 0 radical (unpaired) electrons. The molecule has 0 bridgehead atoms. The number of nitro groups is 1. The molecule has 0 saturated heterocycles. The molecule has 1 N–H and O–H groups in total. The van der Waals surface area contributed by atoms with Crippen LogP contribution in [-0.4, -0.2) is 36.6 Å². The first kappa shape index (κ1) is 16.4. The number of ether oxygens (including phenoxy) is 2. The van der Waals surface area contributed by atoms with E-state index in [1.165, 1.54) is 18.2 Å². The molecule has 0 aliphatic carbocycles. The standard InChI is InChI=1S/C13H16N2O6/c1-3-20-11(16)8-14-13(17)9-6-5-7-10(15(18)19)12(9)21-4-2/h5-7H,3-4,8H2,1-2H3,(H,14,17). The van der Waals surface area contributed by atoms with Crippen LogP contribution in [0.15, 0.2) is 18.2 Å². The number of nitro benzene ring substituents is 1. The summed E-state index contributed by atoms with van der Waals surface area (Å²) in [5, 5.41) is 13.3. The van der Waals surface area contributed by atoms with Gasteiger partial charge in [0.2, 0.25) is 5.75 Å². The molecule has 0 spiro atoms. The summed E-state index contributed by atoms with van der Waals surface area (Å²) in [4.78, 5) is 33.5. The highest BCUT2D eigenvalue weighted by Gasteiger charge is 2.23. The smallest absolute Gasteiger partial charge is 0.325 e. The predicted octanol–water partition coefficient (Wildman–Crippen LogP) is 1.29. The molecule has 114 valence electrons. The van der Waals surface area contributed by atoms with Gasteiger partial charge in [0, 0.05) is 6.07 Å². The van der Waals surface area contributed by atoms with Crippen molar-refractivity contribution in [3.05, 3.63) is 33.9 Å². The zero-order chi connectivity index (χ0) is 15.8. The van der Waals surface area contributed by atoms with Crippen LogP contribution in [0.5, 0.6) is 5.75 Å². The Labute approximate surface area is 121 Å². The third kappa shape index (κ3) is 4.44. The minimum absolute atomic E-state index is 0.00431. The number of amides is 1. The van der Waals surface area contributed by atoms with Crippen molar-refractivity contribution >= 4 is 17.6 Å². The van der Waals surface area contributed by atoms with E-state index < -0.39 is 16.8 Å². The second-order valence-electron chi connectivity index (χ2n) is 3.83. The van der Waals surface area contributed by atoms with Crippen molar-refractivity contribution in [2.75, 3.05) is 19.8 Å². The molecule has 0 unspecified atom stereocenters. The SMILES string of the molecule is CCOC(=O)CNC(=O)c1cccc([N+](=O)[O-])c1OCC. The maximum Gasteiger partial charge on any atom is 0.325 e. The minimum Gasteiger partial charge on any atom is -0.487 e. The summed E-state index contributed by atoms with van der Waals surface area (Å²) >= 11 is 0. The van der Waals surface area contributed by atoms with E-state index in [0.717, 1.165) is 0 Å². The first-order valence-electron chi connectivity index (χ1n) is 6.35. The number of esters is 1. The third-order valence-electron chi connectivity index (χ3n) is 2.42. The van der Waals surface area contributed by atoms with E-state index in [9.17, 15) is 19.7 Å². The van der Waals surface area contributed by atoms with Crippen LogP contribution in [-0.2, 0) is 9.53 Å². The Hall–Kier alpha value is -2.64.